The van der Waals surface area contributed by atoms with Gasteiger partial charge in [-0.2, -0.15) is 0 Å². The van der Waals surface area contributed by atoms with E-state index in [4.69, 9.17) is 14.2 Å². The zero-order valence-corrected chi connectivity index (χ0v) is 12.8. The molecule has 21 heavy (non-hydrogen) atoms. The van der Waals surface area contributed by atoms with E-state index in [0.717, 1.165) is 45.2 Å². The molecule has 0 saturated carbocycles. The van der Waals surface area contributed by atoms with Crippen LogP contribution in [-0.4, -0.2) is 57.6 Å². The number of nitrogens with zero attached hydrogens (tertiary/aromatic N) is 1. The Morgan fingerprint density at radius 1 is 1.19 bits per heavy atom. The van der Waals surface area contributed by atoms with E-state index in [2.05, 4.69) is 23.1 Å². The molecule has 0 radical (unpaired) electrons. The first-order valence-corrected chi connectivity index (χ1v) is 7.91. The van der Waals surface area contributed by atoms with E-state index in [9.17, 15) is 0 Å². The third-order valence-corrected chi connectivity index (χ3v) is 4.51. The smallest absolute Gasteiger partial charge is 0.122 e. The van der Waals surface area contributed by atoms with Gasteiger partial charge in [-0.05, 0) is 43.5 Å². The Morgan fingerprint density at radius 2 is 2.00 bits per heavy atom. The summed E-state index contributed by atoms with van der Waals surface area (Å²) < 4.78 is 16.7. The van der Waals surface area contributed by atoms with Crippen molar-refractivity contribution in [3.63, 3.8) is 0 Å². The fourth-order valence-electron chi connectivity index (χ4n) is 3.36. The number of ether oxygens (including phenoxy) is 3. The molecule has 4 heteroatoms. The molecule has 2 aliphatic rings. The minimum Gasteiger partial charge on any atom is -0.496 e. The Kier molecular flexibility index (Phi) is 5.12. The van der Waals surface area contributed by atoms with Crippen LogP contribution in [0.3, 0.4) is 0 Å². The molecule has 0 aliphatic carbocycles. The second kappa shape index (κ2) is 7.25. The maximum absolute atomic E-state index is 5.74. The summed E-state index contributed by atoms with van der Waals surface area (Å²) in [6, 6.07) is 8.42. The first-order valence-electron chi connectivity index (χ1n) is 7.91. The van der Waals surface area contributed by atoms with Gasteiger partial charge in [-0.15, -0.1) is 0 Å². The zero-order valence-electron chi connectivity index (χ0n) is 12.8. The number of hydrogen-bond acceptors (Lipinski definition) is 4. The van der Waals surface area contributed by atoms with E-state index in [0.29, 0.717) is 5.92 Å². The van der Waals surface area contributed by atoms with Crippen molar-refractivity contribution in [1.29, 1.82) is 0 Å². The summed E-state index contributed by atoms with van der Waals surface area (Å²) in [5.74, 6) is 1.64. The molecule has 0 amide bonds. The van der Waals surface area contributed by atoms with Gasteiger partial charge in [0, 0.05) is 6.54 Å². The van der Waals surface area contributed by atoms with Crippen LogP contribution in [0, 0.1) is 0 Å². The van der Waals surface area contributed by atoms with Crippen molar-refractivity contribution in [3.8, 4) is 5.75 Å². The lowest BCUT2D eigenvalue weighted by Gasteiger charge is -2.35. The van der Waals surface area contributed by atoms with Crippen molar-refractivity contribution in [2.75, 3.05) is 46.6 Å². The molecule has 1 aromatic rings. The Morgan fingerprint density at radius 3 is 2.71 bits per heavy atom. The molecule has 0 spiro atoms. The SMILES string of the molecule is COc1ccccc1C1CCN(C[C@@H]2COCCO2)CC1. The number of para-hydroxylation sites is 1. The fraction of sp³-hybridized carbons (Fsp3) is 0.647. The molecular formula is C17H25NO3. The van der Waals surface area contributed by atoms with Crippen molar-refractivity contribution < 1.29 is 14.2 Å². The Balaban J connectivity index is 1.52. The highest BCUT2D eigenvalue weighted by molar-refractivity contribution is 5.36. The lowest BCUT2D eigenvalue weighted by molar-refractivity contribution is -0.0988. The van der Waals surface area contributed by atoms with Crippen molar-refractivity contribution >= 4 is 0 Å². The van der Waals surface area contributed by atoms with Crippen molar-refractivity contribution in [2.24, 2.45) is 0 Å². The number of rotatable bonds is 4. The minimum atomic E-state index is 0.251. The van der Waals surface area contributed by atoms with E-state index in [1.54, 1.807) is 7.11 Å². The van der Waals surface area contributed by atoms with Gasteiger partial charge < -0.3 is 19.1 Å². The van der Waals surface area contributed by atoms with Gasteiger partial charge in [-0.1, -0.05) is 18.2 Å². The van der Waals surface area contributed by atoms with Crippen molar-refractivity contribution in [2.45, 2.75) is 24.9 Å². The molecule has 2 saturated heterocycles. The summed E-state index contributed by atoms with van der Waals surface area (Å²) in [6.07, 6.45) is 2.63. The summed E-state index contributed by atoms with van der Waals surface area (Å²) in [5.41, 5.74) is 1.36. The second-order valence-electron chi connectivity index (χ2n) is 5.88. The Hall–Kier alpha value is -1.10. The van der Waals surface area contributed by atoms with Crippen LogP contribution in [0.4, 0.5) is 0 Å². The normalized spacial score (nSPS) is 24.9. The van der Waals surface area contributed by atoms with Crippen LogP contribution in [0.2, 0.25) is 0 Å². The highest BCUT2D eigenvalue weighted by Crippen LogP contribution is 2.34. The number of piperidine rings is 1. The molecule has 3 rings (SSSR count). The second-order valence-corrected chi connectivity index (χ2v) is 5.88. The van der Waals surface area contributed by atoms with E-state index < -0.39 is 0 Å². The maximum atomic E-state index is 5.74. The lowest BCUT2D eigenvalue weighted by Crippen LogP contribution is -2.43. The molecular weight excluding hydrogens is 266 g/mol. The third kappa shape index (κ3) is 3.76. The number of methoxy groups -OCH3 is 1. The number of hydrogen-bond donors (Lipinski definition) is 0. The number of benzene rings is 1. The van der Waals surface area contributed by atoms with E-state index in [1.165, 1.54) is 18.4 Å². The van der Waals surface area contributed by atoms with Gasteiger partial charge in [-0.25, -0.2) is 0 Å². The minimum absolute atomic E-state index is 0.251. The van der Waals surface area contributed by atoms with Gasteiger partial charge in [-0.3, -0.25) is 0 Å². The van der Waals surface area contributed by atoms with Gasteiger partial charge in [0.1, 0.15) is 5.75 Å². The average Bonchev–Trinajstić information content (AvgIpc) is 2.56. The molecule has 0 bridgehead atoms. The predicted octanol–water partition coefficient (Wildman–Crippen LogP) is 2.29. The van der Waals surface area contributed by atoms with Gasteiger partial charge in [0.05, 0.1) is 33.0 Å². The topological polar surface area (TPSA) is 30.9 Å². The summed E-state index contributed by atoms with van der Waals surface area (Å²) in [5, 5.41) is 0. The Labute approximate surface area is 127 Å². The summed E-state index contributed by atoms with van der Waals surface area (Å²) in [7, 11) is 1.76. The quantitative estimate of drug-likeness (QED) is 0.851. The van der Waals surface area contributed by atoms with Crippen molar-refractivity contribution in [3.05, 3.63) is 29.8 Å². The first kappa shape index (κ1) is 14.8. The first-order chi connectivity index (χ1) is 10.4. The van der Waals surface area contributed by atoms with Crippen LogP contribution in [0.25, 0.3) is 0 Å². The van der Waals surface area contributed by atoms with E-state index >= 15 is 0 Å². The molecule has 4 nitrogen and oxygen atoms in total. The predicted molar refractivity (Wildman–Crippen MR) is 82.0 cm³/mol. The van der Waals surface area contributed by atoms with Gasteiger partial charge in [0.25, 0.3) is 0 Å². The largest absolute Gasteiger partial charge is 0.496 e. The summed E-state index contributed by atoms with van der Waals surface area (Å²) in [6.45, 7) is 5.48. The molecule has 1 aromatic carbocycles. The zero-order chi connectivity index (χ0) is 14.5. The average molecular weight is 291 g/mol. The molecule has 116 valence electrons. The Bertz CT molecular complexity index is 437. The van der Waals surface area contributed by atoms with Crippen LogP contribution < -0.4 is 4.74 Å². The monoisotopic (exact) mass is 291 g/mol. The molecule has 1 atom stereocenters. The highest BCUT2D eigenvalue weighted by atomic mass is 16.6. The highest BCUT2D eigenvalue weighted by Gasteiger charge is 2.25. The lowest BCUT2D eigenvalue weighted by atomic mass is 9.88. The van der Waals surface area contributed by atoms with Gasteiger partial charge in [0.15, 0.2) is 0 Å². The molecule has 0 N–H and O–H groups in total. The van der Waals surface area contributed by atoms with Gasteiger partial charge >= 0.3 is 0 Å². The summed E-state index contributed by atoms with van der Waals surface area (Å²) in [4.78, 5) is 2.51. The fourth-order valence-corrected chi connectivity index (χ4v) is 3.36. The van der Waals surface area contributed by atoms with Crippen LogP contribution in [0.5, 0.6) is 5.75 Å². The van der Waals surface area contributed by atoms with Crippen LogP contribution in [0.1, 0.15) is 24.3 Å². The molecule has 0 aromatic heterocycles. The van der Waals surface area contributed by atoms with E-state index in [-0.39, 0.29) is 6.10 Å². The summed E-state index contributed by atoms with van der Waals surface area (Å²) >= 11 is 0. The third-order valence-electron chi connectivity index (χ3n) is 4.51. The van der Waals surface area contributed by atoms with Crippen LogP contribution in [0.15, 0.2) is 24.3 Å². The number of likely N-dealkylation sites (tertiary alicyclic amines) is 1. The maximum Gasteiger partial charge on any atom is 0.122 e. The molecule has 2 aliphatic heterocycles. The van der Waals surface area contributed by atoms with E-state index in [1.807, 2.05) is 6.07 Å². The standard InChI is InChI=1S/C17H25NO3/c1-19-17-5-3-2-4-16(17)14-6-8-18(9-7-14)12-15-13-20-10-11-21-15/h2-5,14-15H,6-13H2,1H3/t15-/m1/s1. The van der Waals surface area contributed by atoms with Crippen molar-refractivity contribution in [1.82, 2.24) is 4.90 Å². The molecule has 2 fully saturated rings. The van der Waals surface area contributed by atoms with Gasteiger partial charge in [0.2, 0.25) is 0 Å². The molecule has 2 heterocycles. The van der Waals surface area contributed by atoms with Crippen LogP contribution in [-0.2, 0) is 9.47 Å². The van der Waals surface area contributed by atoms with Crippen LogP contribution >= 0.6 is 0 Å². The molecule has 0 unspecified atom stereocenters.